The highest BCUT2D eigenvalue weighted by Crippen LogP contribution is 2.35. The molecule has 33 heavy (non-hydrogen) atoms. The van der Waals surface area contributed by atoms with E-state index in [4.69, 9.17) is 0 Å². The van der Waals surface area contributed by atoms with E-state index in [1.54, 1.807) is 12.1 Å². The second-order valence-electron chi connectivity index (χ2n) is 9.10. The molecule has 0 aromatic carbocycles. The number of aromatic nitrogens is 1. The normalized spacial score (nSPS) is 18.8. The largest absolute Gasteiger partial charge is 0.349 e. The first-order chi connectivity index (χ1) is 16.0. The van der Waals surface area contributed by atoms with Crippen molar-refractivity contribution in [1.29, 1.82) is 0 Å². The number of fused-ring (bicyclic) bond motifs is 1. The number of hydrogen-bond acceptors (Lipinski definition) is 5. The Morgan fingerprint density at radius 3 is 2.61 bits per heavy atom. The fourth-order valence-electron chi connectivity index (χ4n) is 4.54. The van der Waals surface area contributed by atoms with Gasteiger partial charge >= 0.3 is 0 Å². The van der Waals surface area contributed by atoms with Gasteiger partial charge in [-0.25, -0.2) is 0 Å². The minimum absolute atomic E-state index is 0.0164. The Bertz CT molecular complexity index is 1150. The third-order valence-electron chi connectivity index (χ3n) is 6.61. The summed E-state index contributed by atoms with van der Waals surface area (Å²) in [5, 5.41) is 6.50. The molecule has 8 nitrogen and oxygen atoms in total. The number of amides is 3. The van der Waals surface area contributed by atoms with Gasteiger partial charge in [-0.05, 0) is 44.2 Å². The lowest BCUT2D eigenvalue weighted by Crippen LogP contribution is -2.37. The minimum atomic E-state index is -0.353. The van der Waals surface area contributed by atoms with Crippen LogP contribution in [0.25, 0.3) is 10.2 Å². The fraction of sp³-hybridized carbons (Fsp3) is 0.500. The molecule has 3 amide bonds. The van der Waals surface area contributed by atoms with Crippen molar-refractivity contribution < 1.29 is 14.4 Å². The predicted octanol–water partition coefficient (Wildman–Crippen LogP) is 3.87. The highest BCUT2D eigenvalue weighted by Gasteiger charge is 2.30. The molecule has 2 aliphatic carbocycles. The molecular formula is C24H29N5O3S. The Morgan fingerprint density at radius 2 is 1.91 bits per heavy atom. The molecule has 2 aromatic heterocycles. The average molecular weight is 468 g/mol. The number of carbonyl (C=O) groups is 3. The molecule has 2 fully saturated rings. The zero-order chi connectivity index (χ0) is 22.9. The van der Waals surface area contributed by atoms with Crippen molar-refractivity contribution in [3.63, 3.8) is 0 Å². The van der Waals surface area contributed by atoms with Crippen LogP contribution in [0.5, 0.6) is 0 Å². The number of nitrogens with one attached hydrogen (secondary N) is 3. The first-order valence-electron chi connectivity index (χ1n) is 11.8. The van der Waals surface area contributed by atoms with Crippen LogP contribution >= 0.6 is 11.3 Å². The van der Waals surface area contributed by atoms with Gasteiger partial charge in [-0.3, -0.25) is 19.4 Å². The second kappa shape index (κ2) is 9.13. The summed E-state index contributed by atoms with van der Waals surface area (Å²) in [6, 6.07) is 2.23. The number of H-pyrrole nitrogens is 1. The van der Waals surface area contributed by atoms with Gasteiger partial charge in [0, 0.05) is 31.1 Å². The molecule has 0 spiro atoms. The van der Waals surface area contributed by atoms with E-state index in [9.17, 15) is 14.4 Å². The van der Waals surface area contributed by atoms with Crippen molar-refractivity contribution in [3.8, 4) is 0 Å². The Morgan fingerprint density at radius 1 is 1.12 bits per heavy atom. The van der Waals surface area contributed by atoms with Crippen molar-refractivity contribution >= 4 is 50.8 Å². The summed E-state index contributed by atoms with van der Waals surface area (Å²) < 4.78 is 0. The number of rotatable bonds is 6. The molecule has 3 aliphatic rings. The van der Waals surface area contributed by atoms with Crippen molar-refractivity contribution in [2.45, 2.75) is 63.5 Å². The molecule has 9 heteroatoms. The number of thiophene rings is 1. The summed E-state index contributed by atoms with van der Waals surface area (Å²) in [7, 11) is 1.87. The summed E-state index contributed by atoms with van der Waals surface area (Å²) in [5.41, 5.74) is 0.721. The third-order valence-corrected chi connectivity index (χ3v) is 7.65. The first-order valence-corrected chi connectivity index (χ1v) is 12.6. The van der Waals surface area contributed by atoms with E-state index in [1.807, 2.05) is 18.0 Å². The molecule has 0 atom stereocenters. The monoisotopic (exact) mass is 467 g/mol. The van der Waals surface area contributed by atoms with Crippen LogP contribution in [0.4, 0.5) is 5.82 Å². The molecule has 2 saturated carbocycles. The van der Waals surface area contributed by atoms with Gasteiger partial charge in [-0.1, -0.05) is 25.3 Å². The Hall–Kier alpha value is -2.94. The molecule has 0 bridgehead atoms. The van der Waals surface area contributed by atoms with Crippen LogP contribution < -0.4 is 10.6 Å². The van der Waals surface area contributed by atoms with Gasteiger partial charge in [0.05, 0.1) is 10.4 Å². The predicted molar refractivity (Wildman–Crippen MR) is 130 cm³/mol. The number of hydrogen-bond donors (Lipinski definition) is 3. The highest BCUT2D eigenvalue weighted by atomic mass is 32.1. The highest BCUT2D eigenvalue weighted by molar-refractivity contribution is 7.20. The van der Waals surface area contributed by atoms with Crippen LogP contribution in [0, 0.1) is 0 Å². The quantitative estimate of drug-likeness (QED) is 0.600. The first kappa shape index (κ1) is 21.9. The van der Waals surface area contributed by atoms with Gasteiger partial charge in [0.2, 0.25) is 0 Å². The van der Waals surface area contributed by atoms with Crippen molar-refractivity contribution in [2.75, 3.05) is 18.9 Å². The van der Waals surface area contributed by atoms with E-state index in [2.05, 4.69) is 20.6 Å². The molecule has 174 valence electrons. The summed E-state index contributed by atoms with van der Waals surface area (Å²) in [6.45, 7) is 0.577. The lowest BCUT2D eigenvalue weighted by molar-refractivity contribution is -0.110. The molecule has 5 rings (SSSR count). The molecule has 0 unspecified atom stereocenters. The van der Waals surface area contributed by atoms with E-state index >= 15 is 0 Å². The van der Waals surface area contributed by atoms with E-state index < -0.39 is 0 Å². The summed E-state index contributed by atoms with van der Waals surface area (Å²) in [6.07, 6.45) is 12.0. The van der Waals surface area contributed by atoms with Gasteiger partial charge < -0.3 is 20.5 Å². The molecule has 1 aliphatic heterocycles. The topological polar surface area (TPSA) is 107 Å². The Labute approximate surface area is 196 Å². The number of dihydropyridines is 1. The van der Waals surface area contributed by atoms with Gasteiger partial charge in [0.25, 0.3) is 17.7 Å². The van der Waals surface area contributed by atoms with Gasteiger partial charge in [-0.15, -0.1) is 11.3 Å². The van der Waals surface area contributed by atoms with Crippen LogP contribution in [-0.4, -0.2) is 59.0 Å². The summed E-state index contributed by atoms with van der Waals surface area (Å²) in [5.74, 6) is -0.260. The fourth-order valence-corrected chi connectivity index (χ4v) is 5.59. The number of nitrogens with zero attached hydrogens (tertiary/aromatic N) is 2. The minimum Gasteiger partial charge on any atom is -0.349 e. The molecule has 3 heterocycles. The standard InChI is InChI=1S/C24H29N5O3S/c1-29(15-7-3-2-4-8-15)24(32)18-13-16-19(22(31)26-14-10-11-14)20(28-23(16)33-18)27-21(30)17-9-5-6-12-25-17/h5,9,13-15,28H,2-4,6-8,10-12H2,1H3,(H,26,31)(H,27,30). The zero-order valence-corrected chi connectivity index (χ0v) is 19.6. The molecule has 2 aromatic rings. The van der Waals surface area contributed by atoms with Crippen LogP contribution in [0.15, 0.2) is 23.2 Å². The Balaban J connectivity index is 1.43. The van der Waals surface area contributed by atoms with Gasteiger partial charge in [0.15, 0.2) is 0 Å². The molecule has 0 radical (unpaired) electrons. The van der Waals surface area contributed by atoms with Gasteiger partial charge in [0.1, 0.15) is 16.4 Å². The van der Waals surface area contributed by atoms with Crippen LogP contribution in [0.2, 0.25) is 0 Å². The van der Waals surface area contributed by atoms with Crippen LogP contribution in [-0.2, 0) is 4.79 Å². The van der Waals surface area contributed by atoms with Crippen LogP contribution in [0.1, 0.15) is 71.4 Å². The van der Waals surface area contributed by atoms with Gasteiger partial charge in [-0.2, -0.15) is 0 Å². The van der Waals surface area contributed by atoms with Crippen LogP contribution in [0.3, 0.4) is 0 Å². The number of carbonyl (C=O) groups excluding carboxylic acids is 3. The molecule has 3 N–H and O–H groups in total. The second-order valence-corrected chi connectivity index (χ2v) is 10.1. The van der Waals surface area contributed by atoms with Crippen molar-refractivity contribution in [1.82, 2.24) is 15.2 Å². The van der Waals surface area contributed by atoms with E-state index in [0.29, 0.717) is 38.7 Å². The summed E-state index contributed by atoms with van der Waals surface area (Å²) >= 11 is 1.33. The SMILES string of the molecule is CN(C(=O)c1cc2c(C(=O)NC3CC3)c(NC(=O)C3=NCCC=C3)[nH]c2s1)C1CCCCC1. The number of anilines is 1. The van der Waals surface area contributed by atoms with E-state index in [0.717, 1.165) is 44.9 Å². The smallest absolute Gasteiger partial charge is 0.274 e. The maximum absolute atomic E-state index is 13.2. The lowest BCUT2D eigenvalue weighted by Gasteiger charge is -2.30. The maximum atomic E-state index is 13.2. The third kappa shape index (κ3) is 4.59. The summed E-state index contributed by atoms with van der Waals surface area (Å²) in [4.78, 5) is 49.6. The average Bonchev–Trinajstić information content (AvgIpc) is 3.46. The maximum Gasteiger partial charge on any atom is 0.274 e. The van der Waals surface area contributed by atoms with E-state index in [1.165, 1.54) is 17.8 Å². The zero-order valence-electron chi connectivity index (χ0n) is 18.8. The number of aliphatic imine (C=N–C) groups is 1. The lowest BCUT2D eigenvalue weighted by atomic mass is 9.94. The van der Waals surface area contributed by atoms with Crippen molar-refractivity contribution in [2.24, 2.45) is 4.99 Å². The number of aromatic amines is 1. The molecular weight excluding hydrogens is 438 g/mol. The van der Waals surface area contributed by atoms with Crippen molar-refractivity contribution in [3.05, 3.63) is 28.7 Å². The van der Waals surface area contributed by atoms with E-state index in [-0.39, 0.29) is 29.8 Å². The molecule has 0 saturated heterocycles. The Kier molecular flexibility index (Phi) is 6.05.